The average Bonchev–Trinajstić information content (AvgIpc) is 3.29. The number of halogens is 1. The van der Waals surface area contributed by atoms with Gasteiger partial charge in [0, 0.05) is 38.6 Å². The van der Waals surface area contributed by atoms with Crippen LogP contribution in [0, 0.1) is 17.8 Å². The Hall–Kier alpha value is -0.790. The van der Waals surface area contributed by atoms with E-state index in [-0.39, 0.29) is 24.0 Å². The number of aliphatic imine (C=N–C) groups is 1. The molecule has 1 heterocycles. The number of nitrogens with one attached hydrogen (secondary N) is 2. The molecule has 2 fully saturated rings. The summed E-state index contributed by atoms with van der Waals surface area (Å²) in [6.45, 7) is 5.86. The third-order valence-corrected chi connectivity index (χ3v) is 5.41. The summed E-state index contributed by atoms with van der Waals surface area (Å²) < 4.78 is 1.96. The predicted octanol–water partition coefficient (Wildman–Crippen LogP) is 3.27. The minimum absolute atomic E-state index is 0. The standard InChI is InChI=1S/C18H31N5.HI/c1-2-19-18(20-8-3-11-23-12-4-9-22-23)21-10-7-17-14-15-5-6-16(17)13-15;/h4,9,12,15-17H,2-3,5-8,10-11,13-14H2,1H3,(H2,19,20,21);1H. The zero-order chi connectivity index (χ0) is 15.9. The number of hydrogen-bond donors (Lipinski definition) is 2. The number of rotatable bonds is 8. The molecule has 2 aliphatic carbocycles. The molecule has 0 aromatic carbocycles. The van der Waals surface area contributed by atoms with Gasteiger partial charge >= 0.3 is 0 Å². The second kappa shape index (κ2) is 10.3. The van der Waals surface area contributed by atoms with Gasteiger partial charge in [0.05, 0.1) is 0 Å². The fraction of sp³-hybridized carbons (Fsp3) is 0.778. The van der Waals surface area contributed by atoms with Crippen LogP contribution in [0.1, 0.15) is 45.4 Å². The van der Waals surface area contributed by atoms with Crippen LogP contribution in [0.25, 0.3) is 0 Å². The van der Waals surface area contributed by atoms with Crippen molar-refractivity contribution in [2.75, 3.05) is 19.6 Å². The van der Waals surface area contributed by atoms with E-state index in [0.29, 0.717) is 0 Å². The molecule has 2 saturated carbocycles. The average molecular weight is 445 g/mol. The van der Waals surface area contributed by atoms with Gasteiger partial charge in [-0.2, -0.15) is 5.10 Å². The second-order valence-corrected chi connectivity index (χ2v) is 7.03. The topological polar surface area (TPSA) is 54.2 Å². The van der Waals surface area contributed by atoms with Crippen molar-refractivity contribution in [2.24, 2.45) is 22.7 Å². The van der Waals surface area contributed by atoms with Crippen LogP contribution in [-0.4, -0.2) is 35.4 Å². The number of fused-ring (bicyclic) bond motifs is 2. The van der Waals surface area contributed by atoms with Crippen LogP contribution >= 0.6 is 24.0 Å². The molecule has 0 saturated heterocycles. The molecule has 1 aromatic rings. The largest absolute Gasteiger partial charge is 0.357 e. The summed E-state index contributed by atoms with van der Waals surface area (Å²) >= 11 is 0. The maximum Gasteiger partial charge on any atom is 0.191 e. The normalized spacial score (nSPS) is 25.5. The maximum atomic E-state index is 4.68. The van der Waals surface area contributed by atoms with Crippen molar-refractivity contribution in [1.29, 1.82) is 0 Å². The van der Waals surface area contributed by atoms with Gasteiger partial charge in [-0.1, -0.05) is 6.42 Å². The first-order chi connectivity index (χ1) is 11.3. The Morgan fingerprint density at radius 1 is 1.29 bits per heavy atom. The van der Waals surface area contributed by atoms with E-state index in [1.54, 1.807) is 0 Å². The lowest BCUT2D eigenvalue weighted by Crippen LogP contribution is -2.38. The zero-order valence-electron chi connectivity index (χ0n) is 14.8. The predicted molar refractivity (Wildman–Crippen MR) is 110 cm³/mol. The van der Waals surface area contributed by atoms with Crippen LogP contribution in [0.3, 0.4) is 0 Å². The number of aryl methyl sites for hydroxylation is 1. The van der Waals surface area contributed by atoms with E-state index in [4.69, 9.17) is 0 Å². The van der Waals surface area contributed by atoms with Crippen LogP contribution < -0.4 is 10.6 Å². The van der Waals surface area contributed by atoms with E-state index < -0.39 is 0 Å². The smallest absolute Gasteiger partial charge is 0.191 e. The first kappa shape index (κ1) is 19.5. The molecule has 2 N–H and O–H groups in total. The van der Waals surface area contributed by atoms with Gasteiger partial charge < -0.3 is 10.6 Å². The van der Waals surface area contributed by atoms with Crippen molar-refractivity contribution in [3.05, 3.63) is 18.5 Å². The summed E-state index contributed by atoms with van der Waals surface area (Å²) in [4.78, 5) is 4.68. The van der Waals surface area contributed by atoms with Crippen molar-refractivity contribution in [2.45, 2.75) is 52.0 Å². The van der Waals surface area contributed by atoms with Gasteiger partial charge in [0.25, 0.3) is 0 Å². The number of hydrogen-bond acceptors (Lipinski definition) is 2. The summed E-state index contributed by atoms with van der Waals surface area (Å²) in [7, 11) is 0. The molecule has 0 spiro atoms. The van der Waals surface area contributed by atoms with Gasteiger partial charge in [-0.25, -0.2) is 0 Å². The molecule has 3 rings (SSSR count). The summed E-state index contributed by atoms with van der Waals surface area (Å²) in [6, 6.07) is 1.96. The van der Waals surface area contributed by atoms with E-state index in [9.17, 15) is 0 Å². The molecule has 2 bridgehead atoms. The van der Waals surface area contributed by atoms with Crippen molar-refractivity contribution in [3.63, 3.8) is 0 Å². The monoisotopic (exact) mass is 445 g/mol. The lowest BCUT2D eigenvalue weighted by molar-refractivity contribution is 0.315. The van der Waals surface area contributed by atoms with E-state index in [1.165, 1.54) is 32.1 Å². The molecule has 0 amide bonds. The van der Waals surface area contributed by atoms with Gasteiger partial charge in [-0.3, -0.25) is 9.67 Å². The Kier molecular flexibility index (Phi) is 8.35. The molecule has 3 atom stereocenters. The molecule has 1 aromatic heterocycles. The summed E-state index contributed by atoms with van der Waals surface area (Å²) in [5.74, 6) is 4.00. The maximum absolute atomic E-state index is 4.68. The highest BCUT2D eigenvalue weighted by Gasteiger charge is 2.38. The van der Waals surface area contributed by atoms with Crippen molar-refractivity contribution in [3.8, 4) is 0 Å². The summed E-state index contributed by atoms with van der Waals surface area (Å²) in [5.41, 5.74) is 0. The van der Waals surface area contributed by atoms with Crippen LogP contribution in [0.15, 0.2) is 23.5 Å². The Balaban J connectivity index is 0.00000208. The van der Waals surface area contributed by atoms with Crippen LogP contribution in [-0.2, 0) is 6.54 Å². The Morgan fingerprint density at radius 3 is 2.88 bits per heavy atom. The molecule has 0 radical (unpaired) electrons. The Labute approximate surface area is 163 Å². The fourth-order valence-electron chi connectivity index (χ4n) is 4.30. The molecule has 136 valence electrons. The van der Waals surface area contributed by atoms with Crippen molar-refractivity contribution in [1.82, 2.24) is 20.4 Å². The highest BCUT2D eigenvalue weighted by molar-refractivity contribution is 14.0. The molecular formula is C18H32IN5. The fourth-order valence-corrected chi connectivity index (χ4v) is 4.30. The van der Waals surface area contributed by atoms with E-state index in [1.807, 2.05) is 23.1 Å². The van der Waals surface area contributed by atoms with Crippen molar-refractivity contribution >= 4 is 29.9 Å². The first-order valence-corrected chi connectivity index (χ1v) is 9.34. The van der Waals surface area contributed by atoms with E-state index in [0.717, 1.165) is 56.3 Å². The number of aromatic nitrogens is 2. The van der Waals surface area contributed by atoms with Crippen LogP contribution in [0.5, 0.6) is 0 Å². The SMILES string of the molecule is CCNC(=NCCCn1cccn1)NCCC1CC2CCC1C2.I. The summed E-state index contributed by atoms with van der Waals surface area (Å²) in [5, 5.41) is 11.1. The quantitative estimate of drug-likeness (QED) is 0.280. The molecule has 5 nitrogen and oxygen atoms in total. The highest BCUT2D eigenvalue weighted by Crippen LogP contribution is 2.49. The van der Waals surface area contributed by atoms with Crippen LogP contribution in [0.4, 0.5) is 0 Å². The third kappa shape index (κ3) is 5.63. The minimum Gasteiger partial charge on any atom is -0.357 e. The van der Waals surface area contributed by atoms with E-state index in [2.05, 4.69) is 27.6 Å². The van der Waals surface area contributed by atoms with Crippen molar-refractivity contribution < 1.29 is 0 Å². The third-order valence-electron chi connectivity index (χ3n) is 5.41. The Morgan fingerprint density at radius 2 is 2.21 bits per heavy atom. The number of nitrogens with zero attached hydrogens (tertiary/aromatic N) is 3. The zero-order valence-corrected chi connectivity index (χ0v) is 17.1. The van der Waals surface area contributed by atoms with Gasteiger partial charge in [-0.15, -0.1) is 24.0 Å². The Bertz CT molecular complexity index is 488. The molecule has 3 unspecified atom stereocenters. The second-order valence-electron chi connectivity index (χ2n) is 7.03. The molecule has 0 aliphatic heterocycles. The van der Waals surface area contributed by atoms with Gasteiger partial charge in [-0.05, 0) is 62.8 Å². The molecule has 2 aliphatic rings. The number of guanidine groups is 1. The van der Waals surface area contributed by atoms with Gasteiger partial charge in [0.15, 0.2) is 5.96 Å². The summed E-state index contributed by atoms with van der Waals surface area (Å²) in [6.07, 6.45) is 12.1. The van der Waals surface area contributed by atoms with E-state index >= 15 is 0 Å². The van der Waals surface area contributed by atoms with Gasteiger partial charge in [0.2, 0.25) is 0 Å². The molecular weight excluding hydrogens is 413 g/mol. The molecule has 24 heavy (non-hydrogen) atoms. The lowest BCUT2D eigenvalue weighted by atomic mass is 9.86. The minimum atomic E-state index is 0. The lowest BCUT2D eigenvalue weighted by Gasteiger charge is -2.22. The van der Waals surface area contributed by atoms with Crippen LogP contribution in [0.2, 0.25) is 0 Å². The highest BCUT2D eigenvalue weighted by atomic mass is 127. The first-order valence-electron chi connectivity index (χ1n) is 9.34. The van der Waals surface area contributed by atoms with Gasteiger partial charge in [0.1, 0.15) is 0 Å². The molecule has 6 heteroatoms.